The number of benzene rings is 2. The quantitative estimate of drug-likeness (QED) is 0.191. The lowest BCUT2D eigenvalue weighted by atomic mass is 9.48. The first-order chi connectivity index (χ1) is 21.9. The van der Waals surface area contributed by atoms with Crippen LogP contribution in [-0.2, 0) is 21.4 Å². The number of hydrogen-bond donors (Lipinski definition) is 7. The number of nitrogens with one attached hydrogen (secondary N) is 1. The Morgan fingerprint density at radius 1 is 1.00 bits per heavy atom. The number of aliphatic hydroxyl groups excluding tert-OH is 2. The Hall–Kier alpha value is -4.24. The predicted molar refractivity (Wildman–Crippen MR) is 160 cm³/mol. The standard InChI is InChI=1S/C28H29N3O5.C4H6O6/c32-20-8-7-16-13-21-28(35)10-9-19(31-25(33)17-3-1-2-4-18(17)29-26(31)34)24-27(28,22(16)23(20)36-24)11-12-30(21)14-15-5-6-15;5-1(3(7)8)2(6)4(9)10/h1-4,7-8,15,19,21,24,32,35H,5-6,9-14H2,(H,29,34);1-2,5-6H,(H,7,8)(H,9,10)/t19-,21-,24+,27+,28?;/m1./s1. The van der Waals surface area contributed by atoms with Gasteiger partial charge in [0.15, 0.2) is 23.7 Å². The van der Waals surface area contributed by atoms with E-state index in [1.165, 1.54) is 17.4 Å². The first-order valence-corrected chi connectivity index (χ1v) is 15.4. The third-order valence-electron chi connectivity index (χ3n) is 10.7. The van der Waals surface area contributed by atoms with Crippen LogP contribution in [0.3, 0.4) is 0 Å². The zero-order chi connectivity index (χ0) is 32.7. The van der Waals surface area contributed by atoms with Crippen molar-refractivity contribution >= 4 is 22.8 Å². The van der Waals surface area contributed by atoms with E-state index in [1.807, 2.05) is 6.07 Å². The van der Waals surface area contributed by atoms with Gasteiger partial charge in [0, 0.05) is 18.2 Å². The summed E-state index contributed by atoms with van der Waals surface area (Å²) in [5.41, 5.74) is -0.138. The second-order valence-electron chi connectivity index (χ2n) is 13.1. The number of phenols is 1. The number of H-pyrrole nitrogens is 1. The summed E-state index contributed by atoms with van der Waals surface area (Å²) in [6, 6.07) is 10.1. The molecule has 2 saturated carbocycles. The fourth-order valence-corrected chi connectivity index (χ4v) is 8.47. The molecule has 3 aliphatic carbocycles. The summed E-state index contributed by atoms with van der Waals surface area (Å²) < 4.78 is 7.86. The zero-order valence-corrected chi connectivity index (χ0v) is 24.7. The molecule has 1 spiro atoms. The molecule has 2 aromatic carbocycles. The molecule has 3 fully saturated rings. The second-order valence-corrected chi connectivity index (χ2v) is 13.1. The minimum atomic E-state index is -2.27. The van der Waals surface area contributed by atoms with Crippen LogP contribution < -0.4 is 16.0 Å². The number of hydrogen-bond acceptors (Lipinski definition) is 10. The summed E-state index contributed by atoms with van der Waals surface area (Å²) >= 11 is 0. The Morgan fingerprint density at radius 2 is 1.70 bits per heavy atom. The number of aromatic nitrogens is 2. The molecule has 7 atom stereocenters. The highest BCUT2D eigenvalue weighted by atomic mass is 16.5. The third-order valence-corrected chi connectivity index (χ3v) is 10.7. The number of aliphatic hydroxyl groups is 3. The summed E-state index contributed by atoms with van der Waals surface area (Å²) in [4.78, 5) is 51.8. The first kappa shape index (κ1) is 30.4. The first-order valence-electron chi connectivity index (χ1n) is 15.4. The highest BCUT2D eigenvalue weighted by Crippen LogP contribution is 2.67. The van der Waals surface area contributed by atoms with Crippen molar-refractivity contribution in [2.45, 2.75) is 79.9 Å². The predicted octanol–water partition coefficient (Wildman–Crippen LogP) is 0.0782. The number of rotatable bonds is 6. The van der Waals surface area contributed by atoms with E-state index in [9.17, 15) is 29.4 Å². The van der Waals surface area contributed by atoms with Crippen LogP contribution in [0.2, 0.25) is 0 Å². The van der Waals surface area contributed by atoms with Gasteiger partial charge in [-0.1, -0.05) is 18.2 Å². The maximum Gasteiger partial charge on any atom is 0.335 e. The Labute approximate surface area is 261 Å². The number of ether oxygens (including phenoxy) is 1. The lowest BCUT2D eigenvalue weighted by Crippen LogP contribution is -2.76. The number of phenolic OH excluding ortho intramolecular Hbond substituents is 1. The summed E-state index contributed by atoms with van der Waals surface area (Å²) in [5.74, 6) is -2.36. The SMILES string of the molecule is O=C(O)C(O)C(O)C(=O)O.O=c1[nH]c2ccccc2c(=O)n1[C@@H]1CCC2(O)[C@H]3Cc4ccc(O)c5c4[C@@]2(CCN3CC2CC2)[C@H]1O5. The molecule has 3 heterocycles. The lowest BCUT2D eigenvalue weighted by molar-refractivity contribution is -0.196. The number of carboxylic acid groups (broad SMARTS) is 2. The van der Waals surface area contributed by atoms with Crippen molar-refractivity contribution in [2.24, 2.45) is 5.92 Å². The average molecular weight is 638 g/mol. The molecule has 1 aromatic heterocycles. The van der Waals surface area contributed by atoms with Gasteiger partial charge in [0.05, 0.1) is 28.0 Å². The normalized spacial score (nSPS) is 30.4. The molecule has 3 aromatic rings. The molecule has 14 heteroatoms. The second kappa shape index (κ2) is 10.7. The van der Waals surface area contributed by atoms with Crippen molar-refractivity contribution in [3.63, 3.8) is 0 Å². The van der Waals surface area contributed by atoms with Crippen LogP contribution in [0.5, 0.6) is 11.5 Å². The minimum Gasteiger partial charge on any atom is -0.504 e. The smallest absolute Gasteiger partial charge is 0.335 e. The largest absolute Gasteiger partial charge is 0.504 e. The molecule has 2 aliphatic heterocycles. The average Bonchev–Trinajstić information content (AvgIpc) is 3.77. The number of aromatic hydroxyl groups is 1. The van der Waals surface area contributed by atoms with Gasteiger partial charge in [0.25, 0.3) is 5.56 Å². The molecule has 0 amide bonds. The Kier molecular flexibility index (Phi) is 7.05. The van der Waals surface area contributed by atoms with Gasteiger partial charge in [-0.2, -0.15) is 0 Å². The van der Waals surface area contributed by atoms with E-state index < -0.39 is 53.0 Å². The molecule has 7 N–H and O–H groups in total. The highest BCUT2D eigenvalue weighted by Gasteiger charge is 2.73. The van der Waals surface area contributed by atoms with Crippen LogP contribution in [0.4, 0.5) is 0 Å². The fraction of sp³-hybridized carbons (Fsp3) is 0.500. The van der Waals surface area contributed by atoms with E-state index >= 15 is 0 Å². The number of carbonyl (C=O) groups is 2. The number of fused-ring (bicyclic) bond motifs is 1. The van der Waals surface area contributed by atoms with Crippen molar-refractivity contribution in [3.05, 3.63) is 68.4 Å². The molecule has 2 bridgehead atoms. The van der Waals surface area contributed by atoms with Gasteiger partial charge >= 0.3 is 17.6 Å². The Balaban J connectivity index is 0.000000296. The fourth-order valence-electron chi connectivity index (χ4n) is 8.47. The monoisotopic (exact) mass is 637 g/mol. The van der Waals surface area contributed by atoms with Gasteiger partial charge in [-0.3, -0.25) is 14.3 Å². The number of piperidine rings is 1. The summed E-state index contributed by atoms with van der Waals surface area (Å²) in [7, 11) is 0. The maximum atomic E-state index is 13.6. The topological polar surface area (TPSA) is 223 Å². The number of aromatic amines is 1. The molecule has 3 unspecified atom stereocenters. The van der Waals surface area contributed by atoms with Gasteiger partial charge in [-0.25, -0.2) is 14.4 Å². The van der Waals surface area contributed by atoms with Gasteiger partial charge < -0.3 is 40.4 Å². The van der Waals surface area contributed by atoms with Crippen molar-refractivity contribution in [3.8, 4) is 11.5 Å². The molecule has 46 heavy (non-hydrogen) atoms. The lowest BCUT2D eigenvalue weighted by Gasteiger charge is -2.64. The third kappa shape index (κ3) is 4.31. The number of aliphatic carboxylic acids is 2. The molecule has 0 radical (unpaired) electrons. The van der Waals surface area contributed by atoms with Crippen LogP contribution >= 0.6 is 0 Å². The molecule has 5 aliphatic rings. The van der Waals surface area contributed by atoms with E-state index in [1.54, 1.807) is 30.3 Å². The number of likely N-dealkylation sites (tertiary alicyclic amines) is 1. The van der Waals surface area contributed by atoms with E-state index in [4.69, 9.17) is 25.2 Å². The number of nitrogens with zero attached hydrogens (tertiary/aromatic N) is 2. The van der Waals surface area contributed by atoms with Crippen molar-refractivity contribution < 1.29 is 45.0 Å². The van der Waals surface area contributed by atoms with Gasteiger partial charge in [-0.15, -0.1) is 0 Å². The molecule has 14 nitrogen and oxygen atoms in total. The van der Waals surface area contributed by atoms with Gasteiger partial charge in [-0.05, 0) is 74.8 Å². The van der Waals surface area contributed by atoms with Crippen LogP contribution in [0, 0.1) is 5.92 Å². The van der Waals surface area contributed by atoms with Crippen LogP contribution in [0.1, 0.15) is 49.3 Å². The summed E-state index contributed by atoms with van der Waals surface area (Å²) in [6.45, 7) is 1.83. The summed E-state index contributed by atoms with van der Waals surface area (Å²) in [6.07, 6.45) is -0.355. The van der Waals surface area contributed by atoms with E-state index in [0.29, 0.717) is 48.3 Å². The van der Waals surface area contributed by atoms with E-state index in [2.05, 4.69) is 9.88 Å². The van der Waals surface area contributed by atoms with Crippen molar-refractivity contribution in [1.82, 2.24) is 14.5 Å². The maximum absolute atomic E-state index is 13.6. The summed E-state index contributed by atoms with van der Waals surface area (Å²) in [5, 5.41) is 56.4. The molecule has 244 valence electrons. The molecule has 1 saturated heterocycles. The molecular formula is C32H35N3O11. The zero-order valence-electron chi connectivity index (χ0n) is 24.7. The van der Waals surface area contributed by atoms with E-state index in [0.717, 1.165) is 24.2 Å². The number of carboxylic acids is 2. The van der Waals surface area contributed by atoms with Crippen molar-refractivity contribution in [1.29, 1.82) is 0 Å². The highest BCUT2D eigenvalue weighted by molar-refractivity contribution is 5.83. The van der Waals surface area contributed by atoms with Gasteiger partial charge in [0.1, 0.15) is 6.10 Å². The Bertz CT molecular complexity index is 1850. The van der Waals surface area contributed by atoms with Crippen LogP contribution in [-0.4, -0.2) is 100 Å². The van der Waals surface area contributed by atoms with Crippen molar-refractivity contribution in [2.75, 3.05) is 13.1 Å². The van der Waals surface area contributed by atoms with E-state index in [-0.39, 0.29) is 17.4 Å². The minimum absolute atomic E-state index is 0.0477. The molecule has 8 rings (SSSR count). The number of para-hydroxylation sites is 1. The van der Waals surface area contributed by atoms with Crippen LogP contribution in [0.15, 0.2) is 46.0 Å². The Morgan fingerprint density at radius 3 is 2.37 bits per heavy atom. The van der Waals surface area contributed by atoms with Gasteiger partial charge in [0.2, 0.25) is 0 Å². The van der Waals surface area contributed by atoms with Crippen LogP contribution in [0.25, 0.3) is 10.9 Å². The molecular weight excluding hydrogens is 602 g/mol.